The van der Waals surface area contributed by atoms with Gasteiger partial charge < -0.3 is 14.2 Å². The predicted octanol–water partition coefficient (Wildman–Crippen LogP) is 3.93. The lowest BCUT2D eigenvalue weighted by Crippen LogP contribution is -2.15. The lowest BCUT2D eigenvalue weighted by molar-refractivity contribution is 0.137. The van der Waals surface area contributed by atoms with Crippen molar-refractivity contribution in [2.24, 2.45) is 5.92 Å². The average molecular weight is 278 g/mol. The summed E-state index contributed by atoms with van der Waals surface area (Å²) in [6.07, 6.45) is 7.81. The molecule has 1 fully saturated rings. The first-order valence-corrected chi connectivity index (χ1v) is 8.80. The summed E-state index contributed by atoms with van der Waals surface area (Å²) >= 11 is 0. The van der Waals surface area contributed by atoms with Gasteiger partial charge in [-0.2, -0.15) is 0 Å². The predicted molar refractivity (Wildman–Crippen MR) is 72.7 cm³/mol. The Hall–Kier alpha value is 0.110. The zero-order valence-corrected chi connectivity index (χ0v) is 12.5. The largest absolute Gasteiger partial charge is 0.380 e. The molecule has 1 aliphatic rings. The fourth-order valence-electron chi connectivity index (χ4n) is 2.59. The molecule has 0 radical (unpaired) electrons. The van der Waals surface area contributed by atoms with Crippen LogP contribution in [0.5, 0.6) is 0 Å². The van der Waals surface area contributed by atoms with Crippen molar-refractivity contribution in [3.05, 3.63) is 0 Å². The third-order valence-corrected chi connectivity index (χ3v) is 5.77. The molecule has 1 atom stereocenters. The van der Waals surface area contributed by atoms with Gasteiger partial charge in [0.2, 0.25) is 0 Å². The minimum Gasteiger partial charge on any atom is -0.380 e. The number of aliphatic hydroxyl groups is 1. The second kappa shape index (κ2) is 8.31. The van der Waals surface area contributed by atoms with Crippen molar-refractivity contribution < 1.29 is 18.7 Å². The molecule has 0 aromatic carbocycles. The molecule has 0 amide bonds. The summed E-state index contributed by atoms with van der Waals surface area (Å²) in [6.45, 7) is 4.13. The van der Waals surface area contributed by atoms with E-state index >= 15 is 0 Å². The monoisotopic (exact) mass is 278 g/mol. The molecule has 1 rings (SSSR count). The number of hydrogen-bond donors (Lipinski definition) is 1. The number of aliphatic hydroxyl groups excluding tert-OH is 1. The third kappa shape index (κ3) is 5.00. The first kappa shape index (κ1) is 16.2. The van der Waals surface area contributed by atoms with Crippen molar-refractivity contribution in [3.8, 4) is 0 Å². The van der Waals surface area contributed by atoms with Gasteiger partial charge in [-0.25, -0.2) is 0 Å². The van der Waals surface area contributed by atoms with Crippen LogP contribution in [0.25, 0.3) is 0 Å². The van der Waals surface area contributed by atoms with Crippen LogP contribution in [0.15, 0.2) is 0 Å². The van der Waals surface area contributed by atoms with Gasteiger partial charge in [0.25, 0.3) is 0 Å². The van der Waals surface area contributed by atoms with Crippen LogP contribution in [-0.2, 0) is 13.6 Å². The van der Waals surface area contributed by atoms with Gasteiger partial charge in [0.05, 0.1) is 13.2 Å². The minimum absolute atomic E-state index is 0.303. The van der Waals surface area contributed by atoms with E-state index in [4.69, 9.17) is 9.05 Å². The molecule has 1 aliphatic carbocycles. The zero-order valence-electron chi connectivity index (χ0n) is 11.6. The maximum absolute atomic E-state index is 12.3. The van der Waals surface area contributed by atoms with Crippen LogP contribution in [0.4, 0.5) is 0 Å². The second-order valence-electron chi connectivity index (χ2n) is 4.94. The Balaban J connectivity index is 2.40. The second-order valence-corrected chi connectivity index (χ2v) is 7.13. The topological polar surface area (TPSA) is 55.8 Å². The molecule has 0 aromatic heterocycles. The summed E-state index contributed by atoms with van der Waals surface area (Å²) in [7, 11) is -3.32. The summed E-state index contributed by atoms with van der Waals surface area (Å²) in [5, 5.41) is 10.0. The van der Waals surface area contributed by atoms with Gasteiger partial charge >= 0.3 is 7.60 Å². The molecule has 1 N–H and O–H groups in total. The van der Waals surface area contributed by atoms with Gasteiger partial charge in [-0.1, -0.05) is 32.1 Å². The van der Waals surface area contributed by atoms with Crippen molar-refractivity contribution in [2.75, 3.05) is 13.2 Å². The fraction of sp³-hybridized carbons (Fsp3) is 1.00. The van der Waals surface area contributed by atoms with Crippen LogP contribution >= 0.6 is 7.60 Å². The van der Waals surface area contributed by atoms with Gasteiger partial charge in [0.15, 0.2) is 5.85 Å². The summed E-state index contributed by atoms with van der Waals surface area (Å²) in [5.74, 6) is -0.301. The fourth-order valence-corrected chi connectivity index (χ4v) is 4.19. The lowest BCUT2D eigenvalue weighted by atomic mass is 9.86. The molecule has 0 spiro atoms. The molecule has 0 heterocycles. The molecule has 5 heteroatoms. The Morgan fingerprint density at radius 1 is 1.17 bits per heavy atom. The Morgan fingerprint density at radius 2 is 1.72 bits per heavy atom. The van der Waals surface area contributed by atoms with Crippen molar-refractivity contribution in [1.29, 1.82) is 0 Å². The quantitative estimate of drug-likeness (QED) is 0.683. The number of rotatable bonds is 8. The Kier molecular flexibility index (Phi) is 7.47. The smallest absolute Gasteiger partial charge is 0.358 e. The molecular formula is C13H27O4P. The van der Waals surface area contributed by atoms with Gasteiger partial charge in [0.1, 0.15) is 0 Å². The highest BCUT2D eigenvalue weighted by Gasteiger charge is 2.34. The normalized spacial score (nSPS) is 19.9. The van der Waals surface area contributed by atoms with E-state index in [1.165, 1.54) is 32.1 Å². The highest BCUT2D eigenvalue weighted by molar-refractivity contribution is 7.54. The Labute approximate surface area is 111 Å². The summed E-state index contributed by atoms with van der Waals surface area (Å²) in [6, 6.07) is 0. The first-order chi connectivity index (χ1) is 8.62. The first-order valence-electron chi connectivity index (χ1n) is 7.19. The van der Waals surface area contributed by atoms with Crippen molar-refractivity contribution in [2.45, 2.75) is 64.6 Å². The minimum atomic E-state index is -3.32. The Morgan fingerprint density at radius 3 is 2.22 bits per heavy atom. The van der Waals surface area contributed by atoms with Gasteiger partial charge in [-0.05, 0) is 32.6 Å². The maximum Gasteiger partial charge on any atom is 0.358 e. The average Bonchev–Trinajstić information content (AvgIpc) is 2.37. The van der Waals surface area contributed by atoms with Crippen LogP contribution in [0.2, 0.25) is 0 Å². The lowest BCUT2D eigenvalue weighted by Gasteiger charge is -2.25. The summed E-state index contributed by atoms with van der Waals surface area (Å²) in [5.41, 5.74) is 0. The van der Waals surface area contributed by atoms with E-state index < -0.39 is 13.4 Å². The van der Waals surface area contributed by atoms with E-state index in [2.05, 4.69) is 0 Å². The zero-order chi connectivity index (χ0) is 13.4. The highest BCUT2D eigenvalue weighted by Crippen LogP contribution is 2.53. The van der Waals surface area contributed by atoms with Gasteiger partial charge in [-0.3, -0.25) is 4.57 Å². The van der Waals surface area contributed by atoms with Crippen molar-refractivity contribution >= 4 is 7.60 Å². The van der Waals surface area contributed by atoms with Crippen LogP contribution in [0.3, 0.4) is 0 Å². The summed E-state index contributed by atoms with van der Waals surface area (Å²) in [4.78, 5) is 0. The van der Waals surface area contributed by atoms with Crippen LogP contribution < -0.4 is 0 Å². The number of hydrogen-bond acceptors (Lipinski definition) is 4. The molecule has 0 aromatic rings. The standard InChI is InChI=1S/C13H27O4P/c1-3-16-18(15,17-4-2)13(14)11-10-12-8-6-5-7-9-12/h12-14H,3-11H2,1-2H3. The van der Waals surface area contributed by atoms with Crippen LogP contribution in [0, 0.1) is 5.92 Å². The van der Waals surface area contributed by atoms with E-state index in [0.717, 1.165) is 6.42 Å². The van der Waals surface area contributed by atoms with E-state index in [1.807, 2.05) is 0 Å². The van der Waals surface area contributed by atoms with Crippen molar-refractivity contribution in [1.82, 2.24) is 0 Å². The molecular weight excluding hydrogens is 251 g/mol. The van der Waals surface area contributed by atoms with Crippen LogP contribution in [0.1, 0.15) is 58.8 Å². The molecule has 18 heavy (non-hydrogen) atoms. The van der Waals surface area contributed by atoms with Crippen LogP contribution in [-0.4, -0.2) is 24.2 Å². The molecule has 1 unspecified atom stereocenters. The summed E-state index contributed by atoms with van der Waals surface area (Å²) < 4.78 is 22.6. The van der Waals surface area contributed by atoms with E-state index in [-0.39, 0.29) is 0 Å². The van der Waals surface area contributed by atoms with E-state index in [0.29, 0.717) is 25.6 Å². The SMILES string of the molecule is CCOP(=O)(OCC)C(O)CCC1CCCCC1. The van der Waals surface area contributed by atoms with E-state index in [9.17, 15) is 9.67 Å². The van der Waals surface area contributed by atoms with Gasteiger partial charge in [-0.15, -0.1) is 0 Å². The van der Waals surface area contributed by atoms with E-state index in [1.54, 1.807) is 13.8 Å². The highest BCUT2D eigenvalue weighted by atomic mass is 31.2. The third-order valence-electron chi connectivity index (χ3n) is 3.54. The molecule has 4 nitrogen and oxygen atoms in total. The molecule has 1 saturated carbocycles. The maximum atomic E-state index is 12.3. The van der Waals surface area contributed by atoms with Gasteiger partial charge in [0, 0.05) is 0 Å². The Bertz CT molecular complexity index is 254. The molecule has 108 valence electrons. The molecule has 0 aliphatic heterocycles. The van der Waals surface area contributed by atoms with Crippen molar-refractivity contribution in [3.63, 3.8) is 0 Å². The molecule has 0 saturated heterocycles. The molecule has 0 bridgehead atoms.